The Morgan fingerprint density at radius 3 is 2.94 bits per heavy atom. The number of likely N-dealkylation sites (tertiary alicyclic amines) is 1. The molecule has 1 amide bonds. The maximum atomic E-state index is 13.0. The lowest BCUT2D eigenvalue weighted by molar-refractivity contribution is -0.126. The predicted octanol–water partition coefficient (Wildman–Crippen LogP) is 4.90. The first kappa shape index (κ1) is 23.9. The van der Waals surface area contributed by atoms with E-state index in [1.807, 2.05) is 24.3 Å². The zero-order valence-corrected chi connectivity index (χ0v) is 20.6. The predicted molar refractivity (Wildman–Crippen MR) is 131 cm³/mol. The fraction of sp³-hybridized carbons (Fsp3) is 0.375. The number of rotatable bonds is 9. The molecule has 4 rings (SSSR count). The van der Waals surface area contributed by atoms with Crippen LogP contribution in [-0.2, 0) is 17.1 Å². The number of amides is 1. The highest BCUT2D eigenvalue weighted by molar-refractivity contribution is 9.10. The molecule has 1 atom stereocenters. The summed E-state index contributed by atoms with van der Waals surface area (Å²) in [4.78, 5) is 19.4. The van der Waals surface area contributed by atoms with Gasteiger partial charge in [-0.05, 0) is 49.2 Å². The highest BCUT2D eigenvalue weighted by Gasteiger charge is 2.26. The van der Waals surface area contributed by atoms with Crippen LogP contribution < -0.4 is 5.32 Å². The van der Waals surface area contributed by atoms with Gasteiger partial charge in [0.05, 0.1) is 12.5 Å². The minimum absolute atomic E-state index is 0.0340. The van der Waals surface area contributed by atoms with Crippen molar-refractivity contribution in [3.63, 3.8) is 0 Å². The quantitative estimate of drug-likeness (QED) is 0.395. The number of benzene rings is 2. The molecule has 1 saturated heterocycles. The van der Waals surface area contributed by atoms with Gasteiger partial charge in [-0.25, -0.2) is 4.39 Å². The van der Waals surface area contributed by atoms with Gasteiger partial charge in [0.2, 0.25) is 17.6 Å². The lowest BCUT2D eigenvalue weighted by Crippen LogP contribution is -2.43. The molecular formula is C24H26BrFN4O2S. The van der Waals surface area contributed by atoms with E-state index in [1.54, 1.807) is 23.9 Å². The minimum Gasteiger partial charge on any atom is -0.355 e. The number of nitrogens with zero attached hydrogens (tertiary/aromatic N) is 3. The van der Waals surface area contributed by atoms with Crippen LogP contribution in [-0.4, -0.2) is 46.3 Å². The van der Waals surface area contributed by atoms with Crippen molar-refractivity contribution in [1.82, 2.24) is 20.4 Å². The molecule has 0 spiro atoms. The van der Waals surface area contributed by atoms with Crippen molar-refractivity contribution in [2.24, 2.45) is 5.92 Å². The Hall–Kier alpha value is -2.23. The van der Waals surface area contributed by atoms with Crippen LogP contribution in [0.4, 0.5) is 4.39 Å². The fourth-order valence-electron chi connectivity index (χ4n) is 3.83. The monoisotopic (exact) mass is 532 g/mol. The van der Waals surface area contributed by atoms with Gasteiger partial charge in [-0.3, -0.25) is 9.69 Å². The van der Waals surface area contributed by atoms with Crippen LogP contribution in [0.25, 0.3) is 11.4 Å². The standard InChI is InChI=1S/C24H26BrFN4O2S/c25-20-5-1-3-18(13-20)23-28-22(32-29-23)15-30-11-2-4-19(14-30)24(31)27-10-12-33-16-17-6-8-21(26)9-7-17/h1,3,5-9,13,19H,2,4,10-12,14-16H2,(H,27,31). The van der Waals surface area contributed by atoms with Crippen LogP contribution in [0, 0.1) is 11.7 Å². The van der Waals surface area contributed by atoms with Crippen molar-refractivity contribution >= 4 is 33.6 Å². The van der Waals surface area contributed by atoms with Crippen molar-refractivity contribution in [3.05, 3.63) is 70.3 Å². The summed E-state index contributed by atoms with van der Waals surface area (Å²) in [6, 6.07) is 14.3. The molecule has 0 saturated carbocycles. The number of carbonyl (C=O) groups is 1. The summed E-state index contributed by atoms with van der Waals surface area (Å²) in [5, 5.41) is 7.16. The first-order valence-electron chi connectivity index (χ1n) is 11.0. The van der Waals surface area contributed by atoms with E-state index in [-0.39, 0.29) is 17.6 Å². The molecule has 3 aromatic rings. The summed E-state index contributed by atoms with van der Waals surface area (Å²) in [6.45, 7) is 2.76. The molecule has 9 heteroatoms. The molecule has 1 fully saturated rings. The maximum Gasteiger partial charge on any atom is 0.241 e. The molecule has 1 aromatic heterocycles. The van der Waals surface area contributed by atoms with E-state index in [2.05, 4.69) is 36.3 Å². The van der Waals surface area contributed by atoms with Crippen molar-refractivity contribution in [2.45, 2.75) is 25.1 Å². The third kappa shape index (κ3) is 7.12. The lowest BCUT2D eigenvalue weighted by Gasteiger charge is -2.30. The van der Waals surface area contributed by atoms with Gasteiger partial charge >= 0.3 is 0 Å². The Labute approximate surface area is 205 Å². The molecule has 0 aliphatic carbocycles. The first-order valence-corrected chi connectivity index (χ1v) is 12.9. The zero-order valence-electron chi connectivity index (χ0n) is 18.2. The van der Waals surface area contributed by atoms with Gasteiger partial charge in [-0.2, -0.15) is 16.7 Å². The van der Waals surface area contributed by atoms with E-state index in [0.717, 1.165) is 46.5 Å². The SMILES string of the molecule is O=C(NCCSCc1ccc(F)cc1)C1CCCN(Cc2nc(-c3cccc(Br)c3)no2)C1. The summed E-state index contributed by atoms with van der Waals surface area (Å²) >= 11 is 5.19. The van der Waals surface area contributed by atoms with Gasteiger partial charge in [0.1, 0.15) is 5.82 Å². The molecule has 1 unspecified atom stereocenters. The molecule has 1 aliphatic rings. The number of nitrogens with one attached hydrogen (secondary N) is 1. The smallest absolute Gasteiger partial charge is 0.241 e. The summed E-state index contributed by atoms with van der Waals surface area (Å²) in [5.74, 6) is 2.59. The summed E-state index contributed by atoms with van der Waals surface area (Å²) < 4.78 is 19.4. The Balaban J connectivity index is 1.19. The summed E-state index contributed by atoms with van der Waals surface area (Å²) in [6.07, 6.45) is 1.85. The third-order valence-corrected chi connectivity index (χ3v) is 7.04. The fourth-order valence-corrected chi connectivity index (χ4v) is 5.05. The summed E-state index contributed by atoms with van der Waals surface area (Å²) in [7, 11) is 0. The molecule has 1 aliphatic heterocycles. The number of aromatic nitrogens is 2. The van der Waals surface area contributed by atoms with E-state index in [0.29, 0.717) is 31.3 Å². The average Bonchev–Trinajstić information content (AvgIpc) is 3.28. The third-order valence-electron chi connectivity index (χ3n) is 5.51. The van der Waals surface area contributed by atoms with Crippen LogP contribution in [0.5, 0.6) is 0 Å². The van der Waals surface area contributed by atoms with Gasteiger partial charge in [0.25, 0.3) is 0 Å². The molecule has 1 N–H and O–H groups in total. The second-order valence-corrected chi connectivity index (χ2v) is 10.1. The van der Waals surface area contributed by atoms with Crippen molar-refractivity contribution in [3.8, 4) is 11.4 Å². The Morgan fingerprint density at radius 2 is 2.12 bits per heavy atom. The molecule has 174 valence electrons. The van der Waals surface area contributed by atoms with E-state index in [1.165, 1.54) is 12.1 Å². The van der Waals surface area contributed by atoms with Crippen molar-refractivity contribution in [1.29, 1.82) is 0 Å². The normalized spacial score (nSPS) is 16.6. The van der Waals surface area contributed by atoms with Crippen LogP contribution in [0.1, 0.15) is 24.3 Å². The van der Waals surface area contributed by atoms with Gasteiger partial charge in [-0.15, -0.1) is 0 Å². The number of thioether (sulfide) groups is 1. The highest BCUT2D eigenvalue weighted by Crippen LogP contribution is 2.22. The minimum atomic E-state index is -0.221. The Morgan fingerprint density at radius 1 is 1.27 bits per heavy atom. The second kappa shape index (κ2) is 11.8. The summed E-state index contributed by atoms with van der Waals surface area (Å²) in [5.41, 5.74) is 1.98. The number of hydrogen-bond acceptors (Lipinski definition) is 6. The average molecular weight is 533 g/mol. The van der Waals surface area contributed by atoms with Gasteiger partial charge in [-0.1, -0.05) is 45.4 Å². The Bertz CT molecular complexity index is 1060. The van der Waals surface area contributed by atoms with Crippen LogP contribution >= 0.6 is 27.7 Å². The largest absolute Gasteiger partial charge is 0.355 e. The van der Waals surface area contributed by atoms with Crippen LogP contribution in [0.2, 0.25) is 0 Å². The molecular weight excluding hydrogens is 507 g/mol. The first-order chi connectivity index (χ1) is 16.1. The topological polar surface area (TPSA) is 71.3 Å². The molecule has 6 nitrogen and oxygen atoms in total. The molecule has 2 heterocycles. The van der Waals surface area contributed by atoms with Gasteiger partial charge in [0.15, 0.2) is 0 Å². The van der Waals surface area contributed by atoms with Gasteiger partial charge < -0.3 is 9.84 Å². The molecule has 33 heavy (non-hydrogen) atoms. The molecule has 0 bridgehead atoms. The van der Waals surface area contributed by atoms with Crippen molar-refractivity contribution < 1.29 is 13.7 Å². The second-order valence-electron chi connectivity index (χ2n) is 8.07. The van der Waals surface area contributed by atoms with E-state index >= 15 is 0 Å². The molecule has 2 aromatic carbocycles. The van der Waals surface area contributed by atoms with Crippen molar-refractivity contribution in [2.75, 3.05) is 25.4 Å². The van der Waals surface area contributed by atoms with E-state index < -0.39 is 0 Å². The van der Waals surface area contributed by atoms with Crippen LogP contribution in [0.3, 0.4) is 0 Å². The molecule has 0 radical (unpaired) electrons. The number of piperidine rings is 1. The highest BCUT2D eigenvalue weighted by atomic mass is 79.9. The number of carbonyl (C=O) groups excluding carboxylic acids is 1. The Kier molecular flexibility index (Phi) is 8.52. The number of halogens is 2. The van der Waals surface area contributed by atoms with E-state index in [9.17, 15) is 9.18 Å². The van der Waals surface area contributed by atoms with Crippen LogP contribution in [0.15, 0.2) is 57.5 Å². The zero-order chi connectivity index (χ0) is 23.0. The maximum absolute atomic E-state index is 13.0. The van der Waals surface area contributed by atoms with E-state index in [4.69, 9.17) is 4.52 Å². The number of hydrogen-bond donors (Lipinski definition) is 1. The van der Waals surface area contributed by atoms with Gasteiger partial charge in [0, 0.05) is 34.6 Å². The lowest BCUT2D eigenvalue weighted by atomic mass is 9.97.